The van der Waals surface area contributed by atoms with Crippen molar-refractivity contribution in [2.45, 2.75) is 50.7 Å². The van der Waals surface area contributed by atoms with Crippen molar-refractivity contribution in [3.8, 4) is 5.69 Å². The number of nitrogens with zero attached hydrogens (tertiary/aromatic N) is 6. The number of hydrogen-bond donors (Lipinski definition) is 0. The number of benzene rings is 1. The number of ether oxygens (including phenoxy) is 1. The summed E-state index contributed by atoms with van der Waals surface area (Å²) in [7, 11) is 0. The number of rotatable bonds is 4. The van der Waals surface area contributed by atoms with Crippen molar-refractivity contribution in [3.05, 3.63) is 64.1 Å². The van der Waals surface area contributed by atoms with Crippen LogP contribution in [0.5, 0.6) is 0 Å². The predicted molar refractivity (Wildman–Crippen MR) is 128 cm³/mol. The molecule has 0 aliphatic carbocycles. The zero-order chi connectivity index (χ0) is 24.8. The highest BCUT2D eigenvalue weighted by atomic mass is 35.5. The Morgan fingerprint density at radius 3 is 2.61 bits per heavy atom. The molecule has 0 unspecified atom stereocenters. The standard InChI is InChI=1S/C25H26ClF3N6O/c26-17-1-3-20-16(11-17)12-34(18-7-10-36-14-18)13-22-31-32-25(35(20)22)15-5-8-33(9-6-15)21-4-2-19(27)23(30-21)24(28)29/h1-4,11,15,18,24H,5-10,12-14H2/t18-/m1/s1. The van der Waals surface area contributed by atoms with Gasteiger partial charge in [-0.15, -0.1) is 10.2 Å². The third-order valence-electron chi connectivity index (χ3n) is 7.43. The first-order chi connectivity index (χ1) is 17.5. The topological polar surface area (TPSA) is 59.3 Å². The summed E-state index contributed by atoms with van der Waals surface area (Å²) in [6, 6.07) is 8.80. The van der Waals surface area contributed by atoms with Gasteiger partial charge >= 0.3 is 0 Å². The first-order valence-corrected chi connectivity index (χ1v) is 12.6. The number of piperidine rings is 1. The van der Waals surface area contributed by atoms with Crippen molar-refractivity contribution >= 4 is 17.4 Å². The summed E-state index contributed by atoms with van der Waals surface area (Å²) in [4.78, 5) is 8.21. The Morgan fingerprint density at radius 2 is 1.86 bits per heavy atom. The fourth-order valence-corrected chi connectivity index (χ4v) is 5.72. The van der Waals surface area contributed by atoms with E-state index in [0.29, 0.717) is 43.1 Å². The second kappa shape index (κ2) is 9.64. The molecule has 190 valence electrons. The van der Waals surface area contributed by atoms with Gasteiger partial charge in [0.25, 0.3) is 6.43 Å². The molecule has 0 spiro atoms. The Balaban J connectivity index is 1.27. The van der Waals surface area contributed by atoms with Crippen LogP contribution in [0.3, 0.4) is 0 Å². The minimum Gasteiger partial charge on any atom is -0.380 e. The Hall–Kier alpha value is -2.69. The van der Waals surface area contributed by atoms with Crippen LogP contribution in [-0.2, 0) is 17.8 Å². The van der Waals surface area contributed by atoms with Gasteiger partial charge in [0.1, 0.15) is 17.3 Å². The lowest BCUT2D eigenvalue weighted by Gasteiger charge is -2.32. The highest BCUT2D eigenvalue weighted by Gasteiger charge is 2.33. The van der Waals surface area contributed by atoms with Crippen LogP contribution in [-0.4, -0.2) is 57.0 Å². The maximum absolute atomic E-state index is 13.7. The average Bonchev–Trinajstić information content (AvgIpc) is 3.52. The van der Waals surface area contributed by atoms with E-state index in [2.05, 4.69) is 24.6 Å². The Kier molecular flexibility index (Phi) is 6.35. The van der Waals surface area contributed by atoms with Crippen molar-refractivity contribution in [2.75, 3.05) is 31.2 Å². The van der Waals surface area contributed by atoms with Crippen molar-refractivity contribution in [1.29, 1.82) is 0 Å². The number of hydrogen-bond acceptors (Lipinski definition) is 6. The quantitative estimate of drug-likeness (QED) is 0.490. The van der Waals surface area contributed by atoms with Crippen LogP contribution in [0, 0.1) is 5.82 Å². The van der Waals surface area contributed by atoms with Gasteiger partial charge in [-0.25, -0.2) is 18.2 Å². The van der Waals surface area contributed by atoms with Crippen LogP contribution in [0.1, 0.15) is 54.5 Å². The summed E-state index contributed by atoms with van der Waals surface area (Å²) < 4.78 is 47.8. The molecule has 6 rings (SSSR count). The smallest absolute Gasteiger partial charge is 0.283 e. The molecule has 0 N–H and O–H groups in total. The SMILES string of the molecule is Fc1ccc(N2CCC(c3nnc4n3-c3ccc(Cl)cc3CN([C@@H]3CCOC3)C4)CC2)nc1C(F)F. The number of halogens is 4. The van der Waals surface area contributed by atoms with E-state index in [4.69, 9.17) is 16.3 Å². The second-order valence-electron chi connectivity index (χ2n) is 9.60. The van der Waals surface area contributed by atoms with Gasteiger partial charge in [-0.3, -0.25) is 9.47 Å². The highest BCUT2D eigenvalue weighted by molar-refractivity contribution is 6.30. The highest BCUT2D eigenvalue weighted by Crippen LogP contribution is 2.35. The van der Waals surface area contributed by atoms with E-state index >= 15 is 0 Å². The molecule has 3 aliphatic rings. The molecule has 11 heteroatoms. The van der Waals surface area contributed by atoms with Gasteiger partial charge in [-0.1, -0.05) is 11.6 Å². The molecule has 2 fully saturated rings. The third kappa shape index (κ3) is 4.35. The van der Waals surface area contributed by atoms with Gasteiger partial charge in [-0.2, -0.15) is 0 Å². The van der Waals surface area contributed by atoms with E-state index in [9.17, 15) is 13.2 Å². The van der Waals surface area contributed by atoms with E-state index in [1.54, 1.807) is 0 Å². The van der Waals surface area contributed by atoms with Crippen LogP contribution in [0.2, 0.25) is 5.02 Å². The van der Waals surface area contributed by atoms with Crippen LogP contribution in [0.25, 0.3) is 5.69 Å². The molecule has 2 saturated heterocycles. The van der Waals surface area contributed by atoms with Crippen molar-refractivity contribution in [2.24, 2.45) is 0 Å². The normalized spacial score (nSPS) is 21.0. The summed E-state index contributed by atoms with van der Waals surface area (Å²) >= 11 is 6.38. The predicted octanol–water partition coefficient (Wildman–Crippen LogP) is 4.88. The molecule has 1 aromatic carbocycles. The number of pyridine rings is 1. The molecule has 36 heavy (non-hydrogen) atoms. The summed E-state index contributed by atoms with van der Waals surface area (Å²) in [5, 5.41) is 9.92. The summed E-state index contributed by atoms with van der Waals surface area (Å²) in [5.74, 6) is 1.33. The van der Waals surface area contributed by atoms with Crippen molar-refractivity contribution in [3.63, 3.8) is 0 Å². The zero-order valence-electron chi connectivity index (χ0n) is 19.6. The van der Waals surface area contributed by atoms with Crippen LogP contribution in [0.4, 0.5) is 19.0 Å². The molecule has 0 saturated carbocycles. The minimum absolute atomic E-state index is 0.141. The van der Waals surface area contributed by atoms with Crippen LogP contribution in [0.15, 0.2) is 30.3 Å². The molecule has 0 bridgehead atoms. The van der Waals surface area contributed by atoms with E-state index in [1.807, 2.05) is 23.1 Å². The lowest BCUT2D eigenvalue weighted by Crippen LogP contribution is -2.34. The zero-order valence-corrected chi connectivity index (χ0v) is 20.3. The Labute approximate surface area is 211 Å². The largest absolute Gasteiger partial charge is 0.380 e. The Morgan fingerprint density at radius 1 is 1.03 bits per heavy atom. The molecule has 2 aromatic heterocycles. The van der Waals surface area contributed by atoms with E-state index in [-0.39, 0.29) is 5.92 Å². The molecule has 3 aromatic rings. The number of anilines is 1. The van der Waals surface area contributed by atoms with E-state index in [0.717, 1.165) is 61.4 Å². The van der Waals surface area contributed by atoms with Gasteiger partial charge < -0.3 is 9.64 Å². The average molecular weight is 519 g/mol. The fourth-order valence-electron chi connectivity index (χ4n) is 5.53. The maximum atomic E-state index is 13.7. The third-order valence-corrected chi connectivity index (χ3v) is 7.66. The monoisotopic (exact) mass is 518 g/mol. The minimum atomic E-state index is -2.95. The number of aromatic nitrogens is 4. The molecule has 1 atom stereocenters. The molecule has 3 aliphatic heterocycles. The lowest BCUT2D eigenvalue weighted by atomic mass is 9.95. The van der Waals surface area contributed by atoms with Gasteiger partial charge in [0, 0.05) is 43.2 Å². The number of fused-ring (bicyclic) bond motifs is 3. The summed E-state index contributed by atoms with van der Waals surface area (Å²) in [6.07, 6.45) is -0.452. The van der Waals surface area contributed by atoms with Gasteiger partial charge in [0.05, 0.1) is 18.8 Å². The van der Waals surface area contributed by atoms with E-state index < -0.39 is 17.9 Å². The lowest BCUT2D eigenvalue weighted by molar-refractivity contribution is 0.133. The number of alkyl halides is 2. The summed E-state index contributed by atoms with van der Waals surface area (Å²) in [6.45, 7) is 4.11. The summed E-state index contributed by atoms with van der Waals surface area (Å²) in [5.41, 5.74) is 1.37. The molecule has 7 nitrogen and oxygen atoms in total. The van der Waals surface area contributed by atoms with Gasteiger partial charge in [-0.05, 0) is 55.2 Å². The first-order valence-electron chi connectivity index (χ1n) is 12.2. The van der Waals surface area contributed by atoms with Crippen molar-refractivity contribution < 1.29 is 17.9 Å². The van der Waals surface area contributed by atoms with Crippen LogP contribution >= 0.6 is 11.6 Å². The van der Waals surface area contributed by atoms with E-state index in [1.165, 1.54) is 6.07 Å². The molecule has 0 amide bonds. The van der Waals surface area contributed by atoms with Crippen LogP contribution < -0.4 is 4.90 Å². The van der Waals surface area contributed by atoms with Gasteiger partial charge in [0.15, 0.2) is 11.6 Å². The molecular weight excluding hydrogens is 493 g/mol. The molecule has 0 radical (unpaired) electrons. The maximum Gasteiger partial charge on any atom is 0.283 e. The second-order valence-corrected chi connectivity index (χ2v) is 10.0. The molecule has 5 heterocycles. The van der Waals surface area contributed by atoms with Crippen molar-refractivity contribution in [1.82, 2.24) is 24.6 Å². The fraction of sp³-hybridized carbons (Fsp3) is 0.480. The first kappa shape index (κ1) is 23.7. The molecular formula is C25H26ClF3N6O. The Bertz CT molecular complexity index is 1260. The van der Waals surface area contributed by atoms with Gasteiger partial charge in [0.2, 0.25) is 0 Å².